The third-order valence-corrected chi connectivity index (χ3v) is 3.26. The summed E-state index contributed by atoms with van der Waals surface area (Å²) in [5.41, 5.74) is 2.08. The number of pyridine rings is 1. The number of aromatic amines is 1. The van der Waals surface area contributed by atoms with Crippen molar-refractivity contribution in [2.75, 3.05) is 0 Å². The van der Waals surface area contributed by atoms with Crippen molar-refractivity contribution in [1.29, 1.82) is 0 Å². The van der Waals surface area contributed by atoms with E-state index in [4.69, 9.17) is 0 Å². The van der Waals surface area contributed by atoms with Crippen LogP contribution in [0.15, 0.2) is 47.5 Å². The molecule has 104 valence electrons. The fourth-order valence-electron chi connectivity index (χ4n) is 2.05. The smallest absolute Gasteiger partial charge is 0.257 e. The molecule has 2 N–H and O–H groups in total. The Hall–Kier alpha value is -2.36. The van der Waals surface area contributed by atoms with Crippen LogP contribution in [0.25, 0.3) is 0 Å². The van der Waals surface area contributed by atoms with Crippen molar-refractivity contribution in [3.63, 3.8) is 0 Å². The first-order valence-corrected chi connectivity index (χ1v) is 6.66. The number of H-pyrrole nitrogens is 1. The van der Waals surface area contributed by atoms with Gasteiger partial charge in [-0.1, -0.05) is 36.8 Å². The standard InChI is InChI=1S/C16H18N2O2/c1-3-14(12-6-4-11(2)5-7-12)18-16(20)13-10-17-9-8-15(13)19/h4-10,14H,3H2,1-2H3,(H,17,19)(H,18,20). The lowest BCUT2D eigenvalue weighted by Gasteiger charge is -2.17. The highest BCUT2D eigenvalue weighted by Crippen LogP contribution is 2.17. The summed E-state index contributed by atoms with van der Waals surface area (Å²) >= 11 is 0. The predicted octanol–water partition coefficient (Wildman–Crippen LogP) is 2.56. The highest BCUT2D eigenvalue weighted by atomic mass is 16.2. The molecule has 0 aliphatic heterocycles. The van der Waals surface area contributed by atoms with Crippen LogP contribution in [0, 0.1) is 6.92 Å². The maximum atomic E-state index is 12.1. The van der Waals surface area contributed by atoms with Gasteiger partial charge in [0, 0.05) is 18.5 Å². The summed E-state index contributed by atoms with van der Waals surface area (Å²) in [6.07, 6.45) is 3.70. The van der Waals surface area contributed by atoms with Crippen LogP contribution in [0.3, 0.4) is 0 Å². The van der Waals surface area contributed by atoms with Crippen LogP contribution in [-0.4, -0.2) is 10.9 Å². The lowest BCUT2D eigenvalue weighted by atomic mass is 10.0. The van der Waals surface area contributed by atoms with Crippen LogP contribution in [0.2, 0.25) is 0 Å². The van der Waals surface area contributed by atoms with E-state index in [0.29, 0.717) is 0 Å². The molecule has 0 aliphatic carbocycles. The molecule has 0 fully saturated rings. The largest absolute Gasteiger partial charge is 0.367 e. The molecule has 0 saturated carbocycles. The van der Waals surface area contributed by atoms with Gasteiger partial charge in [-0.05, 0) is 18.9 Å². The number of rotatable bonds is 4. The van der Waals surface area contributed by atoms with E-state index in [1.807, 2.05) is 38.1 Å². The van der Waals surface area contributed by atoms with Crippen molar-refractivity contribution in [1.82, 2.24) is 10.3 Å². The van der Waals surface area contributed by atoms with Crippen LogP contribution < -0.4 is 10.7 Å². The van der Waals surface area contributed by atoms with E-state index in [9.17, 15) is 9.59 Å². The average Bonchev–Trinajstić information content (AvgIpc) is 2.46. The first kappa shape index (κ1) is 14.1. The summed E-state index contributed by atoms with van der Waals surface area (Å²) in [7, 11) is 0. The topological polar surface area (TPSA) is 62.0 Å². The second-order valence-electron chi connectivity index (χ2n) is 4.77. The SMILES string of the molecule is CCC(NC(=O)c1c[nH]ccc1=O)c1ccc(C)cc1. The molecule has 0 radical (unpaired) electrons. The number of nitrogens with one attached hydrogen (secondary N) is 2. The molecule has 1 aromatic carbocycles. The van der Waals surface area contributed by atoms with Gasteiger partial charge < -0.3 is 10.3 Å². The summed E-state index contributed by atoms with van der Waals surface area (Å²) < 4.78 is 0. The van der Waals surface area contributed by atoms with Gasteiger partial charge in [-0.3, -0.25) is 9.59 Å². The number of aryl methyl sites for hydroxylation is 1. The summed E-state index contributed by atoms with van der Waals surface area (Å²) in [6.45, 7) is 4.02. The highest BCUT2D eigenvalue weighted by Gasteiger charge is 2.15. The van der Waals surface area contributed by atoms with Crippen molar-refractivity contribution in [3.8, 4) is 0 Å². The molecule has 0 bridgehead atoms. The molecule has 1 aromatic heterocycles. The number of benzene rings is 1. The van der Waals surface area contributed by atoms with Gasteiger partial charge in [0.15, 0.2) is 5.43 Å². The van der Waals surface area contributed by atoms with Crippen LogP contribution in [0.1, 0.15) is 40.9 Å². The molecule has 1 atom stereocenters. The van der Waals surface area contributed by atoms with E-state index in [0.717, 1.165) is 12.0 Å². The minimum atomic E-state index is -0.348. The number of carbonyl (C=O) groups excluding carboxylic acids is 1. The van der Waals surface area contributed by atoms with Crippen molar-refractivity contribution in [2.24, 2.45) is 0 Å². The van der Waals surface area contributed by atoms with E-state index in [1.165, 1.54) is 24.0 Å². The Kier molecular flexibility index (Phi) is 4.35. The molecule has 0 aliphatic rings. The Morgan fingerprint density at radius 1 is 1.25 bits per heavy atom. The van der Waals surface area contributed by atoms with Gasteiger partial charge in [-0.15, -0.1) is 0 Å². The Morgan fingerprint density at radius 2 is 1.95 bits per heavy atom. The average molecular weight is 270 g/mol. The van der Waals surface area contributed by atoms with E-state index < -0.39 is 0 Å². The zero-order valence-electron chi connectivity index (χ0n) is 11.6. The van der Waals surface area contributed by atoms with Crippen LogP contribution >= 0.6 is 0 Å². The Labute approximate surface area is 117 Å². The van der Waals surface area contributed by atoms with Gasteiger partial charge in [0.1, 0.15) is 5.56 Å². The number of amides is 1. The van der Waals surface area contributed by atoms with Crippen molar-refractivity contribution in [2.45, 2.75) is 26.3 Å². The van der Waals surface area contributed by atoms with E-state index in [2.05, 4.69) is 10.3 Å². The second kappa shape index (κ2) is 6.19. The molecule has 2 aromatic rings. The molecule has 1 amide bonds. The summed E-state index contributed by atoms with van der Waals surface area (Å²) in [5.74, 6) is -0.348. The quantitative estimate of drug-likeness (QED) is 0.897. The Bertz CT molecular complexity index is 644. The normalized spacial score (nSPS) is 11.9. The molecule has 0 spiro atoms. The Morgan fingerprint density at radius 3 is 2.55 bits per heavy atom. The van der Waals surface area contributed by atoms with Crippen LogP contribution in [0.4, 0.5) is 0 Å². The molecule has 2 rings (SSSR count). The third kappa shape index (κ3) is 3.15. The lowest BCUT2D eigenvalue weighted by molar-refractivity contribution is 0.0934. The fraction of sp³-hybridized carbons (Fsp3) is 0.250. The second-order valence-corrected chi connectivity index (χ2v) is 4.77. The number of hydrogen-bond donors (Lipinski definition) is 2. The molecule has 20 heavy (non-hydrogen) atoms. The van der Waals surface area contributed by atoms with Crippen molar-refractivity contribution >= 4 is 5.91 Å². The maximum Gasteiger partial charge on any atom is 0.257 e. The fourth-order valence-corrected chi connectivity index (χ4v) is 2.05. The van der Waals surface area contributed by atoms with Gasteiger partial charge in [-0.2, -0.15) is 0 Å². The zero-order valence-corrected chi connectivity index (χ0v) is 11.6. The first-order valence-electron chi connectivity index (χ1n) is 6.66. The van der Waals surface area contributed by atoms with Crippen molar-refractivity contribution in [3.05, 3.63) is 69.6 Å². The van der Waals surface area contributed by atoms with Gasteiger partial charge in [0.2, 0.25) is 0 Å². The molecule has 4 nitrogen and oxygen atoms in total. The van der Waals surface area contributed by atoms with Gasteiger partial charge in [-0.25, -0.2) is 0 Å². The van der Waals surface area contributed by atoms with Crippen molar-refractivity contribution < 1.29 is 4.79 Å². The monoisotopic (exact) mass is 270 g/mol. The molecule has 1 heterocycles. The Balaban J connectivity index is 2.18. The number of aromatic nitrogens is 1. The molecular weight excluding hydrogens is 252 g/mol. The molecule has 4 heteroatoms. The van der Waals surface area contributed by atoms with Crippen LogP contribution in [0.5, 0.6) is 0 Å². The van der Waals surface area contributed by atoms with Gasteiger partial charge in [0.25, 0.3) is 5.91 Å². The van der Waals surface area contributed by atoms with E-state index in [1.54, 1.807) is 0 Å². The van der Waals surface area contributed by atoms with E-state index >= 15 is 0 Å². The molecule has 0 saturated heterocycles. The predicted molar refractivity (Wildman–Crippen MR) is 78.7 cm³/mol. The molecular formula is C16H18N2O2. The zero-order chi connectivity index (χ0) is 14.5. The van der Waals surface area contributed by atoms with Crippen LogP contribution in [-0.2, 0) is 0 Å². The third-order valence-electron chi connectivity index (χ3n) is 3.26. The highest BCUT2D eigenvalue weighted by molar-refractivity contribution is 5.94. The summed E-state index contributed by atoms with van der Waals surface area (Å²) in [6, 6.07) is 9.28. The van der Waals surface area contributed by atoms with E-state index in [-0.39, 0.29) is 22.9 Å². The summed E-state index contributed by atoms with van der Waals surface area (Å²) in [4.78, 5) is 26.5. The number of carbonyl (C=O) groups is 1. The summed E-state index contributed by atoms with van der Waals surface area (Å²) in [5, 5.41) is 2.90. The lowest BCUT2D eigenvalue weighted by Crippen LogP contribution is -2.31. The first-order chi connectivity index (χ1) is 9.61. The molecule has 1 unspecified atom stereocenters. The van der Waals surface area contributed by atoms with Gasteiger partial charge in [0.05, 0.1) is 6.04 Å². The minimum Gasteiger partial charge on any atom is -0.367 e. The maximum absolute atomic E-state index is 12.1. The van der Waals surface area contributed by atoms with Gasteiger partial charge >= 0.3 is 0 Å². The minimum absolute atomic E-state index is 0.0947. The number of hydrogen-bond acceptors (Lipinski definition) is 2.